The van der Waals surface area contributed by atoms with Crippen LogP contribution in [0.3, 0.4) is 0 Å². The van der Waals surface area contributed by atoms with Crippen LogP contribution in [0.4, 0.5) is 4.39 Å². The second-order valence-corrected chi connectivity index (χ2v) is 9.71. The van der Waals surface area contributed by atoms with Crippen molar-refractivity contribution in [3.63, 3.8) is 0 Å². The summed E-state index contributed by atoms with van der Waals surface area (Å²) in [5.74, 6) is -3.23. The molecule has 0 fully saturated rings. The minimum absolute atomic E-state index is 0.0113. The molecule has 2 rings (SSSR count). The summed E-state index contributed by atoms with van der Waals surface area (Å²) < 4.78 is 25.9. The van der Waals surface area contributed by atoms with Crippen molar-refractivity contribution < 1.29 is 33.7 Å². The van der Waals surface area contributed by atoms with Gasteiger partial charge in [0.25, 0.3) is 0 Å². The number of Topliss-reactive ketones (excluding diaryl/α,β-unsaturated/α-hetero) is 1. The molecule has 1 aliphatic rings. The molecule has 2 N–H and O–H groups in total. The van der Waals surface area contributed by atoms with E-state index in [1.165, 1.54) is 26.1 Å². The van der Waals surface area contributed by atoms with Gasteiger partial charge in [-0.3, -0.25) is 14.6 Å². The monoisotopic (exact) mass is 497 g/mol. The van der Waals surface area contributed by atoms with Crippen molar-refractivity contribution in [1.29, 1.82) is 0 Å². The lowest BCUT2D eigenvalue weighted by Crippen LogP contribution is -2.46. The van der Waals surface area contributed by atoms with Gasteiger partial charge in [-0.2, -0.15) is 0 Å². The molecule has 34 heavy (non-hydrogen) atoms. The van der Waals surface area contributed by atoms with Crippen LogP contribution in [0.5, 0.6) is 0 Å². The molecule has 0 bridgehead atoms. The van der Waals surface area contributed by atoms with Crippen LogP contribution in [-0.4, -0.2) is 58.5 Å². The number of ether oxygens (including phenoxy) is 2. The maximum Gasteiger partial charge on any atom is 0.309 e. The summed E-state index contributed by atoms with van der Waals surface area (Å²) in [6.45, 7) is 6.46. The molecule has 0 saturated carbocycles. The number of aliphatic hydroxyl groups excluding tert-OH is 2. The number of esters is 1. The summed E-state index contributed by atoms with van der Waals surface area (Å²) in [7, 11) is 0. The number of ketones is 1. The number of halogens is 2. The molecule has 0 amide bonds. The molecule has 1 aromatic rings. The summed E-state index contributed by atoms with van der Waals surface area (Å²) in [6, 6.07) is 4.98. The van der Waals surface area contributed by atoms with Gasteiger partial charge < -0.3 is 19.7 Å². The van der Waals surface area contributed by atoms with E-state index < -0.39 is 53.6 Å². The van der Waals surface area contributed by atoms with Gasteiger partial charge in [-0.1, -0.05) is 51.4 Å². The third-order valence-electron chi connectivity index (χ3n) is 6.07. The van der Waals surface area contributed by atoms with E-state index in [1.54, 1.807) is 32.0 Å². The van der Waals surface area contributed by atoms with E-state index in [4.69, 9.17) is 21.1 Å². The summed E-state index contributed by atoms with van der Waals surface area (Å²) in [5, 5.41) is 21.6. The highest BCUT2D eigenvalue weighted by molar-refractivity contribution is 6.29. The predicted molar refractivity (Wildman–Crippen MR) is 126 cm³/mol. The highest BCUT2D eigenvalue weighted by Gasteiger charge is 2.42. The lowest BCUT2D eigenvalue weighted by atomic mass is 9.73. The Kier molecular flexibility index (Phi) is 10.4. The van der Waals surface area contributed by atoms with Crippen LogP contribution in [-0.2, 0) is 19.1 Å². The molecule has 0 saturated heterocycles. The minimum Gasteiger partial charge on any atom is -0.455 e. The predicted octanol–water partition coefficient (Wildman–Crippen LogP) is 3.83. The van der Waals surface area contributed by atoms with E-state index in [2.05, 4.69) is 4.98 Å². The van der Waals surface area contributed by atoms with E-state index in [1.807, 2.05) is 0 Å². The van der Waals surface area contributed by atoms with Crippen LogP contribution in [0.2, 0.25) is 0 Å². The summed E-state index contributed by atoms with van der Waals surface area (Å²) >= 11 is 6.19. The van der Waals surface area contributed by atoms with E-state index in [0.717, 1.165) is 6.08 Å². The standard InChI is InChI=1S/C25H33ClFNO6/c1-15-13-33-14-17(26)8-9-20(19(27)11-18-7-5-6-10-28-18)34-22(30)12-21(29)25(3,4)24(32)16(2)23(15)31/h5-8,10-11,15-16,20-21,23,29,31H,9,12-14H2,1-4H3/b17-8+,19-11-/t15-,16+,20-,21-,23-/m0/s1. The number of hydrogen-bond donors (Lipinski definition) is 2. The summed E-state index contributed by atoms with van der Waals surface area (Å²) in [5.41, 5.74) is -1.01. The zero-order chi connectivity index (χ0) is 25.5. The van der Waals surface area contributed by atoms with Crippen LogP contribution in [0.1, 0.15) is 46.2 Å². The van der Waals surface area contributed by atoms with Gasteiger partial charge in [-0.05, 0) is 18.2 Å². The Bertz CT molecular complexity index is 904. The lowest BCUT2D eigenvalue weighted by molar-refractivity contribution is -0.154. The van der Waals surface area contributed by atoms with Crippen LogP contribution in [0.25, 0.3) is 6.08 Å². The quantitative estimate of drug-likeness (QED) is 0.598. The van der Waals surface area contributed by atoms with Gasteiger partial charge in [0, 0.05) is 29.5 Å². The first-order valence-electron chi connectivity index (χ1n) is 11.2. The number of hydrogen-bond acceptors (Lipinski definition) is 7. The maximum absolute atomic E-state index is 15.0. The average molecular weight is 498 g/mol. The third kappa shape index (κ3) is 7.70. The SMILES string of the molecule is C[C@H]1COC/C(Cl)=C\C[C@@H](/C(F)=C/c2ccccn2)OC(=O)C[C@H](O)C(C)(C)C(=O)[C@H](C)[C@H]1O. The fourth-order valence-electron chi connectivity index (χ4n) is 3.67. The molecule has 0 unspecified atom stereocenters. The van der Waals surface area contributed by atoms with E-state index in [0.29, 0.717) is 5.69 Å². The number of aromatic nitrogens is 1. The van der Waals surface area contributed by atoms with Crippen molar-refractivity contribution in [2.45, 2.75) is 58.8 Å². The van der Waals surface area contributed by atoms with E-state index in [-0.39, 0.29) is 30.6 Å². The van der Waals surface area contributed by atoms with Gasteiger partial charge in [0.2, 0.25) is 0 Å². The molecule has 1 aromatic heterocycles. The summed E-state index contributed by atoms with van der Waals surface area (Å²) in [6.07, 6.45) is -0.162. The number of aliphatic hydroxyl groups is 2. The fraction of sp³-hybridized carbons (Fsp3) is 0.560. The first-order valence-corrected chi connectivity index (χ1v) is 11.6. The number of cyclic esters (lactones) is 1. The Morgan fingerprint density at radius 1 is 1.26 bits per heavy atom. The molecule has 0 spiro atoms. The topological polar surface area (TPSA) is 106 Å². The van der Waals surface area contributed by atoms with Crippen LogP contribution in [0.15, 0.2) is 41.3 Å². The Balaban J connectivity index is 2.33. The van der Waals surface area contributed by atoms with Crippen molar-refractivity contribution in [3.05, 3.63) is 47.0 Å². The highest BCUT2D eigenvalue weighted by atomic mass is 35.5. The van der Waals surface area contributed by atoms with Crippen molar-refractivity contribution >= 4 is 29.4 Å². The molecule has 1 aliphatic heterocycles. The van der Waals surface area contributed by atoms with Gasteiger partial charge in [-0.25, -0.2) is 4.39 Å². The molecule has 0 aliphatic carbocycles. The normalized spacial score (nSPS) is 31.9. The largest absolute Gasteiger partial charge is 0.455 e. The van der Waals surface area contributed by atoms with Crippen LogP contribution >= 0.6 is 11.6 Å². The fourth-order valence-corrected chi connectivity index (χ4v) is 3.83. The van der Waals surface area contributed by atoms with Gasteiger partial charge in [0.15, 0.2) is 6.10 Å². The van der Waals surface area contributed by atoms with Gasteiger partial charge >= 0.3 is 5.97 Å². The molecule has 0 radical (unpaired) electrons. The molecule has 0 aromatic carbocycles. The second kappa shape index (κ2) is 12.5. The average Bonchev–Trinajstić information content (AvgIpc) is 2.79. The van der Waals surface area contributed by atoms with E-state index in [9.17, 15) is 19.8 Å². The maximum atomic E-state index is 15.0. The van der Waals surface area contributed by atoms with Gasteiger partial charge in [-0.15, -0.1) is 0 Å². The second-order valence-electron chi connectivity index (χ2n) is 9.23. The number of carbonyl (C=O) groups is 2. The molecular formula is C25H33ClFNO6. The minimum atomic E-state index is -1.40. The Labute approximate surface area is 204 Å². The number of carbonyl (C=O) groups excluding carboxylic acids is 2. The Hall–Kier alpha value is -2.13. The van der Waals surface area contributed by atoms with Gasteiger partial charge in [0.1, 0.15) is 11.6 Å². The van der Waals surface area contributed by atoms with Crippen LogP contribution < -0.4 is 0 Å². The Morgan fingerprint density at radius 2 is 1.97 bits per heavy atom. The molecule has 7 nitrogen and oxygen atoms in total. The first-order chi connectivity index (χ1) is 15.9. The number of nitrogens with zero attached hydrogens (tertiary/aromatic N) is 1. The molecule has 9 heteroatoms. The molecular weight excluding hydrogens is 465 g/mol. The zero-order valence-corrected chi connectivity index (χ0v) is 20.7. The third-order valence-corrected chi connectivity index (χ3v) is 6.33. The Morgan fingerprint density at radius 3 is 2.62 bits per heavy atom. The lowest BCUT2D eigenvalue weighted by Gasteiger charge is -2.34. The summed E-state index contributed by atoms with van der Waals surface area (Å²) in [4.78, 5) is 29.7. The highest BCUT2D eigenvalue weighted by Crippen LogP contribution is 2.31. The first kappa shape index (κ1) is 28.1. The molecule has 2 heterocycles. The zero-order valence-electron chi connectivity index (χ0n) is 19.9. The van der Waals surface area contributed by atoms with Crippen LogP contribution in [0, 0.1) is 17.3 Å². The smallest absolute Gasteiger partial charge is 0.309 e. The van der Waals surface area contributed by atoms with Crippen molar-refractivity contribution in [2.24, 2.45) is 17.3 Å². The van der Waals surface area contributed by atoms with Crippen molar-refractivity contribution in [3.8, 4) is 0 Å². The number of rotatable bonds is 2. The van der Waals surface area contributed by atoms with E-state index >= 15 is 4.39 Å². The van der Waals surface area contributed by atoms with Crippen molar-refractivity contribution in [1.82, 2.24) is 4.98 Å². The van der Waals surface area contributed by atoms with Crippen molar-refractivity contribution in [2.75, 3.05) is 13.2 Å². The van der Waals surface area contributed by atoms with Gasteiger partial charge in [0.05, 0.1) is 43.0 Å². The molecule has 5 atom stereocenters. The number of pyridine rings is 1. The molecule has 188 valence electrons.